The Hall–Kier alpha value is -3.26. The van der Waals surface area contributed by atoms with Crippen molar-refractivity contribution in [2.75, 3.05) is 23.3 Å². The first kappa shape index (κ1) is 18.1. The number of rotatable bonds is 3. The maximum atomic E-state index is 12.7. The summed E-state index contributed by atoms with van der Waals surface area (Å²) in [5, 5.41) is 2.92. The van der Waals surface area contributed by atoms with E-state index in [1.807, 2.05) is 25.1 Å². The summed E-state index contributed by atoms with van der Waals surface area (Å²) in [5.41, 5.74) is 5.24. The average molecular weight is 394 g/mol. The molecule has 28 heavy (non-hydrogen) atoms. The first-order valence-electron chi connectivity index (χ1n) is 8.79. The van der Waals surface area contributed by atoms with Gasteiger partial charge in [0.25, 0.3) is 5.91 Å². The summed E-state index contributed by atoms with van der Waals surface area (Å²) in [6.07, 6.45) is 0. The summed E-state index contributed by atoms with van der Waals surface area (Å²) < 4.78 is 0.949. The highest BCUT2D eigenvalue weighted by Crippen LogP contribution is 2.30. The summed E-state index contributed by atoms with van der Waals surface area (Å²) in [6.45, 7) is 4.02. The minimum absolute atomic E-state index is 0.228. The van der Waals surface area contributed by atoms with E-state index in [9.17, 15) is 14.4 Å². The van der Waals surface area contributed by atoms with Crippen LogP contribution in [0.5, 0.6) is 0 Å². The van der Waals surface area contributed by atoms with Crippen LogP contribution in [0, 0.1) is 6.92 Å². The second-order valence-corrected chi connectivity index (χ2v) is 7.43. The molecule has 1 aliphatic rings. The molecule has 4 rings (SSSR count). The zero-order valence-electron chi connectivity index (χ0n) is 15.4. The molecule has 0 spiro atoms. The largest absolute Gasteiger partial charge is 0.331 e. The minimum atomic E-state index is -0.338. The van der Waals surface area contributed by atoms with Crippen molar-refractivity contribution in [2.24, 2.45) is 0 Å². The quantitative estimate of drug-likeness (QED) is 0.735. The number of thiazole rings is 1. The van der Waals surface area contributed by atoms with E-state index in [4.69, 9.17) is 0 Å². The van der Waals surface area contributed by atoms with Gasteiger partial charge in [-0.05, 0) is 42.8 Å². The molecule has 7 nitrogen and oxygen atoms in total. The number of urea groups is 1. The van der Waals surface area contributed by atoms with Crippen molar-refractivity contribution in [2.45, 2.75) is 13.8 Å². The Kier molecular flexibility index (Phi) is 4.56. The molecule has 1 aromatic heterocycles. The minimum Gasteiger partial charge on any atom is -0.322 e. The Bertz CT molecular complexity index is 1110. The Balaban J connectivity index is 1.59. The lowest BCUT2D eigenvalue weighted by Gasteiger charge is -2.20. The molecule has 4 amide bonds. The van der Waals surface area contributed by atoms with Gasteiger partial charge in [-0.25, -0.2) is 9.78 Å². The van der Waals surface area contributed by atoms with Gasteiger partial charge in [0.15, 0.2) is 0 Å². The van der Waals surface area contributed by atoms with Crippen molar-refractivity contribution in [3.63, 3.8) is 0 Å². The highest BCUT2D eigenvalue weighted by Gasteiger charge is 2.33. The SMILES string of the molecule is CC(=O)N1CCN(c2cccc(NC(=O)c3ccc4ncsc4c3)c2C)C1=O. The first-order chi connectivity index (χ1) is 13.5. The Morgan fingerprint density at radius 2 is 2.00 bits per heavy atom. The number of fused-ring (bicyclic) bond motifs is 1. The number of carbonyl (C=O) groups excluding carboxylic acids is 3. The highest BCUT2D eigenvalue weighted by atomic mass is 32.1. The molecule has 2 aromatic carbocycles. The molecule has 142 valence electrons. The molecule has 0 unspecified atom stereocenters. The summed E-state index contributed by atoms with van der Waals surface area (Å²) in [4.78, 5) is 43.8. The zero-order chi connectivity index (χ0) is 19.8. The van der Waals surface area contributed by atoms with Gasteiger partial charge >= 0.3 is 6.03 Å². The highest BCUT2D eigenvalue weighted by molar-refractivity contribution is 7.16. The van der Waals surface area contributed by atoms with Crippen molar-refractivity contribution in [1.82, 2.24) is 9.88 Å². The van der Waals surface area contributed by atoms with Gasteiger partial charge in [-0.15, -0.1) is 11.3 Å². The zero-order valence-corrected chi connectivity index (χ0v) is 16.2. The molecule has 1 aliphatic heterocycles. The maximum absolute atomic E-state index is 12.7. The second-order valence-electron chi connectivity index (χ2n) is 6.54. The van der Waals surface area contributed by atoms with Gasteiger partial charge in [-0.1, -0.05) is 6.07 Å². The average Bonchev–Trinajstić information content (AvgIpc) is 3.29. The Morgan fingerprint density at radius 3 is 2.75 bits per heavy atom. The molecule has 3 aromatic rings. The molecule has 1 saturated heterocycles. The molecule has 0 bridgehead atoms. The number of hydrogen-bond donors (Lipinski definition) is 1. The van der Waals surface area contributed by atoms with Crippen LogP contribution in [-0.4, -0.2) is 40.8 Å². The van der Waals surface area contributed by atoms with Crippen LogP contribution in [-0.2, 0) is 4.79 Å². The number of benzene rings is 2. The number of nitrogens with zero attached hydrogens (tertiary/aromatic N) is 3. The molecular formula is C20H18N4O3S. The van der Waals surface area contributed by atoms with Gasteiger partial charge in [0, 0.05) is 31.3 Å². The van der Waals surface area contributed by atoms with Gasteiger partial charge < -0.3 is 5.32 Å². The third-order valence-electron chi connectivity index (χ3n) is 4.83. The predicted octanol–water partition coefficient (Wildman–Crippen LogP) is 3.65. The van der Waals surface area contributed by atoms with Crippen LogP contribution in [0.3, 0.4) is 0 Å². The Morgan fingerprint density at radius 1 is 1.18 bits per heavy atom. The van der Waals surface area contributed by atoms with Crippen LogP contribution >= 0.6 is 11.3 Å². The summed E-state index contributed by atoms with van der Waals surface area (Å²) >= 11 is 1.48. The van der Waals surface area contributed by atoms with Gasteiger partial charge in [0.2, 0.25) is 5.91 Å². The van der Waals surface area contributed by atoms with E-state index in [1.165, 1.54) is 23.2 Å². The van der Waals surface area contributed by atoms with E-state index in [0.717, 1.165) is 15.8 Å². The molecular weight excluding hydrogens is 376 g/mol. The number of aromatic nitrogens is 1. The van der Waals surface area contributed by atoms with Crippen LogP contribution in [0.15, 0.2) is 41.9 Å². The summed E-state index contributed by atoms with van der Waals surface area (Å²) in [6, 6.07) is 10.4. The fraction of sp³-hybridized carbons (Fsp3) is 0.200. The van der Waals surface area contributed by atoms with E-state index >= 15 is 0 Å². The summed E-state index contributed by atoms with van der Waals surface area (Å²) in [5.74, 6) is -0.498. The lowest BCUT2D eigenvalue weighted by atomic mass is 10.1. The number of nitrogens with one attached hydrogen (secondary N) is 1. The molecule has 1 N–H and O–H groups in total. The van der Waals surface area contributed by atoms with Crippen molar-refractivity contribution >= 4 is 50.8 Å². The van der Waals surface area contributed by atoms with Crippen LogP contribution in [0.25, 0.3) is 10.2 Å². The van der Waals surface area contributed by atoms with Crippen molar-refractivity contribution in [3.05, 3.63) is 53.0 Å². The fourth-order valence-corrected chi connectivity index (χ4v) is 4.01. The van der Waals surface area contributed by atoms with Crippen LogP contribution < -0.4 is 10.2 Å². The van der Waals surface area contributed by atoms with Crippen molar-refractivity contribution in [1.29, 1.82) is 0 Å². The van der Waals surface area contributed by atoms with Crippen molar-refractivity contribution < 1.29 is 14.4 Å². The fourth-order valence-electron chi connectivity index (χ4n) is 3.29. The van der Waals surface area contributed by atoms with Gasteiger partial charge in [-0.2, -0.15) is 0 Å². The van der Waals surface area contributed by atoms with Crippen LogP contribution in [0.1, 0.15) is 22.8 Å². The molecule has 8 heteroatoms. The standard InChI is InChI=1S/C20H18N4O3S/c1-12-15(22-19(26)14-6-7-16-18(10-14)28-11-21-16)4-3-5-17(12)24-9-8-23(13(2)25)20(24)27/h3-7,10-11H,8-9H2,1-2H3,(H,22,26). The van der Waals surface area contributed by atoms with Crippen molar-refractivity contribution in [3.8, 4) is 0 Å². The molecule has 0 atom stereocenters. The molecule has 0 radical (unpaired) electrons. The molecule has 1 fully saturated rings. The second kappa shape index (κ2) is 7.05. The molecule has 0 aliphatic carbocycles. The lowest BCUT2D eigenvalue weighted by molar-refractivity contribution is -0.125. The van der Waals surface area contributed by atoms with Crippen LogP contribution in [0.2, 0.25) is 0 Å². The normalized spacial score (nSPS) is 14.0. The number of amides is 4. The van der Waals surface area contributed by atoms with E-state index in [0.29, 0.717) is 30.0 Å². The topological polar surface area (TPSA) is 82.6 Å². The molecule has 2 heterocycles. The van der Waals surface area contributed by atoms with E-state index in [2.05, 4.69) is 10.3 Å². The number of hydrogen-bond acceptors (Lipinski definition) is 5. The van der Waals surface area contributed by atoms with E-state index in [-0.39, 0.29) is 17.8 Å². The van der Waals surface area contributed by atoms with Crippen LogP contribution in [0.4, 0.5) is 16.2 Å². The third kappa shape index (κ3) is 3.11. The maximum Gasteiger partial charge on any atom is 0.331 e. The van der Waals surface area contributed by atoms with Gasteiger partial charge in [0.1, 0.15) is 0 Å². The first-order valence-corrected chi connectivity index (χ1v) is 9.67. The van der Waals surface area contributed by atoms with E-state index < -0.39 is 0 Å². The smallest absolute Gasteiger partial charge is 0.322 e. The Labute approximate surface area is 165 Å². The number of anilines is 2. The monoisotopic (exact) mass is 394 g/mol. The number of imide groups is 1. The predicted molar refractivity (Wildman–Crippen MR) is 109 cm³/mol. The molecule has 0 saturated carbocycles. The van der Waals surface area contributed by atoms with Gasteiger partial charge in [-0.3, -0.25) is 19.4 Å². The van der Waals surface area contributed by atoms with E-state index in [1.54, 1.807) is 28.6 Å². The van der Waals surface area contributed by atoms with Gasteiger partial charge in [0.05, 0.1) is 21.4 Å². The lowest BCUT2D eigenvalue weighted by Crippen LogP contribution is -2.35. The summed E-state index contributed by atoms with van der Waals surface area (Å²) in [7, 11) is 0. The number of carbonyl (C=O) groups is 3. The third-order valence-corrected chi connectivity index (χ3v) is 5.62.